The van der Waals surface area contributed by atoms with Gasteiger partial charge in [-0.2, -0.15) is 0 Å². The van der Waals surface area contributed by atoms with Crippen molar-refractivity contribution < 1.29 is 31.2 Å². The first-order valence-corrected chi connectivity index (χ1v) is 12.2. The molecule has 0 unspecified atom stereocenters. The Kier molecular flexibility index (Phi) is 11.3. The maximum Gasteiger partial charge on any atom is 0.673 e. The molecule has 36 heavy (non-hydrogen) atoms. The standard InChI is InChI=1S/C28H35O3.BF4/c1-20(2)14-16-29-26-10-6-23(7-11-26)25-18-22(5)31-28(19-25)24-8-12-27(13-9-24)30-17-15-21(3)4;2-1(3,4)5/h6-13,18-21H,14-17H2,1-5H3;/q+1;-1. The van der Waals surface area contributed by atoms with Crippen LogP contribution in [-0.4, -0.2) is 20.5 Å². The second kappa shape index (κ2) is 13.9. The first-order chi connectivity index (χ1) is 16.9. The molecule has 0 aliphatic rings. The van der Waals surface area contributed by atoms with E-state index in [1.165, 1.54) is 0 Å². The molecule has 0 aliphatic carbocycles. The molecule has 0 amide bonds. The van der Waals surface area contributed by atoms with Gasteiger partial charge in [-0.15, -0.1) is 0 Å². The van der Waals surface area contributed by atoms with Crippen LogP contribution in [0, 0.1) is 18.8 Å². The molecule has 0 aliphatic heterocycles. The van der Waals surface area contributed by atoms with Gasteiger partial charge in [-0.05, 0) is 66.6 Å². The third kappa shape index (κ3) is 11.6. The summed E-state index contributed by atoms with van der Waals surface area (Å²) >= 11 is 0. The van der Waals surface area contributed by atoms with Crippen LogP contribution in [0.15, 0.2) is 65.1 Å². The van der Waals surface area contributed by atoms with Crippen LogP contribution in [-0.2, 0) is 0 Å². The fourth-order valence-corrected chi connectivity index (χ4v) is 3.23. The number of ether oxygens (including phenoxy) is 2. The molecule has 0 saturated carbocycles. The van der Waals surface area contributed by atoms with Crippen LogP contribution in [0.5, 0.6) is 11.5 Å². The summed E-state index contributed by atoms with van der Waals surface area (Å²) in [6.07, 6.45) is 2.12. The minimum atomic E-state index is -6.00. The van der Waals surface area contributed by atoms with E-state index in [0.717, 1.165) is 65.8 Å². The van der Waals surface area contributed by atoms with Crippen molar-refractivity contribution in [3.63, 3.8) is 0 Å². The molecule has 2 aromatic carbocycles. The molecule has 0 fully saturated rings. The molecular weight excluding hydrogens is 471 g/mol. The zero-order valence-corrected chi connectivity index (χ0v) is 21.6. The molecule has 196 valence electrons. The van der Waals surface area contributed by atoms with E-state index in [1.54, 1.807) is 0 Å². The van der Waals surface area contributed by atoms with Gasteiger partial charge in [0.2, 0.25) is 0 Å². The third-order valence-corrected chi connectivity index (χ3v) is 5.17. The molecule has 8 heteroatoms. The van der Waals surface area contributed by atoms with Gasteiger partial charge in [0, 0.05) is 11.6 Å². The Balaban J connectivity index is 0.000000830. The smallest absolute Gasteiger partial charge is 0.494 e. The summed E-state index contributed by atoms with van der Waals surface area (Å²) in [7, 11) is -6.00. The second-order valence-electron chi connectivity index (χ2n) is 9.43. The molecule has 0 N–H and O–H groups in total. The van der Waals surface area contributed by atoms with Crippen LogP contribution in [0.1, 0.15) is 46.3 Å². The molecule has 0 spiro atoms. The third-order valence-electron chi connectivity index (χ3n) is 5.17. The van der Waals surface area contributed by atoms with E-state index < -0.39 is 7.25 Å². The summed E-state index contributed by atoms with van der Waals surface area (Å²) < 4.78 is 56.7. The molecule has 0 bridgehead atoms. The van der Waals surface area contributed by atoms with E-state index in [1.807, 2.05) is 31.2 Å². The van der Waals surface area contributed by atoms with E-state index in [4.69, 9.17) is 13.9 Å². The topological polar surface area (TPSA) is 29.8 Å². The van der Waals surface area contributed by atoms with Crippen molar-refractivity contribution in [3.8, 4) is 33.9 Å². The number of rotatable bonds is 10. The van der Waals surface area contributed by atoms with Gasteiger partial charge in [-0.25, -0.2) is 4.42 Å². The molecule has 3 aromatic rings. The lowest BCUT2D eigenvalue weighted by Gasteiger charge is -2.09. The number of benzene rings is 2. The number of aryl methyl sites for hydroxylation is 1. The molecule has 3 rings (SSSR count). The first kappa shape index (κ1) is 29.2. The molecule has 0 saturated heterocycles. The van der Waals surface area contributed by atoms with Gasteiger partial charge in [-0.1, -0.05) is 39.8 Å². The highest BCUT2D eigenvalue weighted by Gasteiger charge is 2.20. The van der Waals surface area contributed by atoms with Crippen molar-refractivity contribution >= 4 is 7.25 Å². The van der Waals surface area contributed by atoms with Crippen molar-refractivity contribution in [3.05, 3.63) is 66.4 Å². The normalized spacial score (nSPS) is 11.3. The summed E-state index contributed by atoms with van der Waals surface area (Å²) in [4.78, 5) is 0. The predicted molar refractivity (Wildman–Crippen MR) is 139 cm³/mol. The van der Waals surface area contributed by atoms with Crippen molar-refractivity contribution in [2.24, 2.45) is 11.8 Å². The summed E-state index contributed by atoms with van der Waals surface area (Å²) in [6.45, 7) is 12.3. The lowest BCUT2D eigenvalue weighted by Crippen LogP contribution is -2.02. The lowest BCUT2D eigenvalue weighted by atomic mass is 10.0. The van der Waals surface area contributed by atoms with E-state index in [0.29, 0.717) is 11.8 Å². The Morgan fingerprint density at radius 2 is 1.08 bits per heavy atom. The van der Waals surface area contributed by atoms with Crippen molar-refractivity contribution in [2.45, 2.75) is 47.5 Å². The summed E-state index contributed by atoms with van der Waals surface area (Å²) in [5.74, 6) is 4.82. The Bertz CT molecular complexity index is 968. The molecule has 3 nitrogen and oxygen atoms in total. The van der Waals surface area contributed by atoms with E-state index in [2.05, 4.69) is 64.1 Å². The molecule has 1 heterocycles. The number of hydrogen-bond donors (Lipinski definition) is 0. The lowest BCUT2D eigenvalue weighted by molar-refractivity contribution is 0.289. The fraction of sp³-hybridized carbons (Fsp3) is 0.393. The minimum absolute atomic E-state index is 0.643. The van der Waals surface area contributed by atoms with Crippen molar-refractivity contribution in [1.82, 2.24) is 0 Å². The van der Waals surface area contributed by atoms with Crippen LogP contribution in [0.4, 0.5) is 17.3 Å². The van der Waals surface area contributed by atoms with E-state index >= 15 is 0 Å². The van der Waals surface area contributed by atoms with Gasteiger partial charge in [0.1, 0.15) is 11.5 Å². The Morgan fingerprint density at radius 3 is 1.50 bits per heavy atom. The van der Waals surface area contributed by atoms with Gasteiger partial charge in [0.15, 0.2) is 0 Å². The average molecular weight is 506 g/mol. The zero-order chi connectivity index (χ0) is 26.7. The Labute approximate surface area is 211 Å². The molecule has 0 radical (unpaired) electrons. The Morgan fingerprint density at radius 1 is 0.667 bits per heavy atom. The van der Waals surface area contributed by atoms with Gasteiger partial charge in [0.25, 0.3) is 0 Å². The molecular formula is C28H35BF4O3. The SMILES string of the molecule is Cc1cc(-c2ccc(OCCC(C)C)cc2)cc(-c2ccc(OCCC(C)C)cc2)[o+]1.F[B-](F)(F)F. The van der Waals surface area contributed by atoms with E-state index in [-0.39, 0.29) is 0 Å². The average Bonchev–Trinajstić information content (AvgIpc) is 2.78. The first-order valence-electron chi connectivity index (χ1n) is 12.2. The van der Waals surface area contributed by atoms with Crippen molar-refractivity contribution in [1.29, 1.82) is 0 Å². The summed E-state index contributed by atoms with van der Waals surface area (Å²) in [6, 6.07) is 20.6. The monoisotopic (exact) mass is 506 g/mol. The highest BCUT2D eigenvalue weighted by molar-refractivity contribution is 6.50. The second-order valence-corrected chi connectivity index (χ2v) is 9.43. The van der Waals surface area contributed by atoms with E-state index in [9.17, 15) is 17.3 Å². The van der Waals surface area contributed by atoms with Crippen LogP contribution in [0.2, 0.25) is 0 Å². The Hall–Kier alpha value is -3.03. The fourth-order valence-electron chi connectivity index (χ4n) is 3.23. The van der Waals surface area contributed by atoms with Crippen LogP contribution < -0.4 is 9.47 Å². The largest absolute Gasteiger partial charge is 0.673 e. The van der Waals surface area contributed by atoms with Crippen LogP contribution in [0.3, 0.4) is 0 Å². The zero-order valence-electron chi connectivity index (χ0n) is 21.6. The van der Waals surface area contributed by atoms with Gasteiger partial charge in [-0.3, -0.25) is 0 Å². The van der Waals surface area contributed by atoms with Gasteiger partial charge >= 0.3 is 18.8 Å². The van der Waals surface area contributed by atoms with Gasteiger partial charge < -0.3 is 26.7 Å². The predicted octanol–water partition coefficient (Wildman–Crippen LogP) is 9.35. The molecule has 1 aromatic heterocycles. The van der Waals surface area contributed by atoms with Crippen LogP contribution >= 0.6 is 0 Å². The number of hydrogen-bond acceptors (Lipinski definition) is 2. The quantitative estimate of drug-likeness (QED) is 0.156. The molecule has 0 atom stereocenters. The highest BCUT2D eigenvalue weighted by Crippen LogP contribution is 2.30. The summed E-state index contributed by atoms with van der Waals surface area (Å²) in [5.41, 5.74) is 3.31. The minimum Gasteiger partial charge on any atom is -0.494 e. The van der Waals surface area contributed by atoms with Crippen molar-refractivity contribution in [2.75, 3.05) is 13.2 Å². The van der Waals surface area contributed by atoms with Crippen LogP contribution in [0.25, 0.3) is 22.5 Å². The number of halogens is 4. The maximum absolute atomic E-state index is 9.75. The maximum atomic E-state index is 9.75. The van der Waals surface area contributed by atoms with Gasteiger partial charge in [0.05, 0.1) is 31.8 Å². The highest BCUT2D eigenvalue weighted by atomic mass is 19.5. The summed E-state index contributed by atoms with van der Waals surface area (Å²) in [5, 5.41) is 0.